The lowest BCUT2D eigenvalue weighted by Crippen LogP contribution is -2.19. The predicted molar refractivity (Wildman–Crippen MR) is 58.2 cm³/mol. The van der Waals surface area contributed by atoms with Gasteiger partial charge in [0.15, 0.2) is 0 Å². The molecule has 0 fully saturated rings. The minimum atomic E-state index is -4.24. The maximum Gasteiger partial charge on any atom is 0.395 e. The molecular formula is C12H14F3N. The lowest BCUT2D eigenvalue weighted by atomic mass is 9.91. The number of halogens is 3. The Morgan fingerprint density at radius 2 is 1.88 bits per heavy atom. The molecule has 0 aromatic heterocycles. The Kier molecular flexibility index (Phi) is 3.41. The summed E-state index contributed by atoms with van der Waals surface area (Å²) in [5, 5.41) is 7.49. The van der Waals surface area contributed by atoms with Gasteiger partial charge in [-0.1, -0.05) is 18.2 Å². The predicted octanol–water partition coefficient (Wildman–Crippen LogP) is 4.05. The zero-order chi connectivity index (χ0) is 12.5. The topological polar surface area (TPSA) is 23.9 Å². The Labute approximate surface area is 92.8 Å². The fourth-order valence-electron chi connectivity index (χ4n) is 1.71. The van der Waals surface area contributed by atoms with Gasteiger partial charge < -0.3 is 5.41 Å². The van der Waals surface area contributed by atoms with E-state index in [4.69, 9.17) is 5.41 Å². The van der Waals surface area contributed by atoms with Crippen LogP contribution in [0.25, 0.3) is 0 Å². The van der Waals surface area contributed by atoms with E-state index < -0.39 is 12.1 Å². The smallest absolute Gasteiger partial charge is 0.305 e. The number of hydrogen-bond acceptors (Lipinski definition) is 1. The van der Waals surface area contributed by atoms with Crippen molar-refractivity contribution in [2.24, 2.45) is 0 Å². The van der Waals surface area contributed by atoms with Crippen LogP contribution in [0.15, 0.2) is 18.2 Å². The zero-order valence-corrected chi connectivity index (χ0v) is 9.44. The van der Waals surface area contributed by atoms with Crippen LogP contribution in [0, 0.1) is 12.3 Å². The zero-order valence-electron chi connectivity index (χ0n) is 9.44. The van der Waals surface area contributed by atoms with Crippen molar-refractivity contribution in [2.75, 3.05) is 0 Å². The Morgan fingerprint density at radius 1 is 1.31 bits per heavy atom. The van der Waals surface area contributed by atoms with Crippen LogP contribution in [0.2, 0.25) is 0 Å². The average Bonchev–Trinajstić information content (AvgIpc) is 2.15. The Hall–Kier alpha value is -1.32. The summed E-state index contributed by atoms with van der Waals surface area (Å²) in [5.41, 5.74) is 1.65. The molecular weight excluding hydrogens is 215 g/mol. The van der Waals surface area contributed by atoms with Gasteiger partial charge in [-0.05, 0) is 37.5 Å². The van der Waals surface area contributed by atoms with E-state index in [0.29, 0.717) is 11.1 Å². The number of hydrogen-bond donors (Lipinski definition) is 1. The van der Waals surface area contributed by atoms with Crippen LogP contribution < -0.4 is 0 Å². The Balaban J connectivity index is 3.26. The van der Waals surface area contributed by atoms with Crippen molar-refractivity contribution in [3.8, 4) is 0 Å². The number of alkyl halides is 3. The molecule has 0 saturated heterocycles. The second kappa shape index (κ2) is 4.28. The molecule has 0 aliphatic rings. The summed E-state index contributed by atoms with van der Waals surface area (Å²) >= 11 is 0. The summed E-state index contributed by atoms with van der Waals surface area (Å²) in [7, 11) is 0. The van der Waals surface area contributed by atoms with E-state index in [-0.39, 0.29) is 11.3 Å². The van der Waals surface area contributed by atoms with E-state index in [1.54, 1.807) is 26.0 Å². The molecule has 0 amide bonds. The Morgan fingerprint density at radius 3 is 2.31 bits per heavy atom. The van der Waals surface area contributed by atoms with Gasteiger partial charge in [-0.2, -0.15) is 13.2 Å². The highest BCUT2D eigenvalue weighted by Crippen LogP contribution is 2.36. The third-order valence-electron chi connectivity index (χ3n) is 2.74. The second-order valence-electron chi connectivity index (χ2n) is 3.91. The van der Waals surface area contributed by atoms with Gasteiger partial charge in [-0.15, -0.1) is 0 Å². The minimum absolute atomic E-state index is 0.247. The summed E-state index contributed by atoms with van der Waals surface area (Å²) in [4.78, 5) is 0. The van der Waals surface area contributed by atoms with Crippen LogP contribution in [-0.4, -0.2) is 11.9 Å². The van der Waals surface area contributed by atoms with Gasteiger partial charge in [-0.3, -0.25) is 0 Å². The summed E-state index contributed by atoms with van der Waals surface area (Å²) in [6.07, 6.45) is -4.24. The molecule has 1 aromatic carbocycles. The molecule has 88 valence electrons. The number of nitrogens with one attached hydrogen (secondary N) is 1. The summed E-state index contributed by atoms with van der Waals surface area (Å²) in [6.45, 7) is 4.35. The van der Waals surface area contributed by atoms with Gasteiger partial charge in [-0.25, -0.2) is 0 Å². The summed E-state index contributed by atoms with van der Waals surface area (Å²) < 4.78 is 37.8. The van der Waals surface area contributed by atoms with Crippen molar-refractivity contribution in [2.45, 2.75) is 32.9 Å². The van der Waals surface area contributed by atoms with E-state index in [2.05, 4.69) is 0 Å². The molecule has 1 rings (SSSR count). The molecule has 1 atom stereocenters. The third-order valence-corrected chi connectivity index (χ3v) is 2.74. The molecule has 1 N–H and O–H groups in total. The third kappa shape index (κ3) is 2.43. The van der Waals surface area contributed by atoms with Gasteiger partial charge >= 0.3 is 6.18 Å². The first kappa shape index (κ1) is 12.7. The molecule has 1 nitrogen and oxygen atoms in total. The Bertz CT molecular complexity index is 407. The SMILES string of the molecule is CC(=N)c1cccc(C(C)C(F)(F)F)c1C. The van der Waals surface area contributed by atoms with Crippen LogP contribution in [-0.2, 0) is 0 Å². The second-order valence-corrected chi connectivity index (χ2v) is 3.91. The lowest BCUT2D eigenvalue weighted by Gasteiger charge is -2.19. The largest absolute Gasteiger partial charge is 0.395 e. The van der Waals surface area contributed by atoms with Gasteiger partial charge in [0, 0.05) is 5.71 Å². The molecule has 0 saturated carbocycles. The quantitative estimate of drug-likeness (QED) is 0.740. The highest BCUT2D eigenvalue weighted by atomic mass is 19.4. The molecule has 1 unspecified atom stereocenters. The van der Waals surface area contributed by atoms with Gasteiger partial charge in [0.25, 0.3) is 0 Å². The number of benzene rings is 1. The van der Waals surface area contributed by atoms with Gasteiger partial charge in [0.05, 0.1) is 5.92 Å². The van der Waals surface area contributed by atoms with Crippen molar-refractivity contribution in [3.05, 3.63) is 34.9 Å². The van der Waals surface area contributed by atoms with E-state index in [1.807, 2.05) is 0 Å². The first-order chi connectivity index (χ1) is 7.25. The molecule has 0 aliphatic heterocycles. The molecule has 16 heavy (non-hydrogen) atoms. The first-order valence-electron chi connectivity index (χ1n) is 4.97. The monoisotopic (exact) mass is 229 g/mol. The van der Waals surface area contributed by atoms with Crippen LogP contribution in [0.5, 0.6) is 0 Å². The molecule has 0 heterocycles. The maximum absolute atomic E-state index is 12.6. The maximum atomic E-state index is 12.6. The van der Waals surface area contributed by atoms with E-state index >= 15 is 0 Å². The van der Waals surface area contributed by atoms with Crippen molar-refractivity contribution in [1.29, 1.82) is 5.41 Å². The molecule has 0 spiro atoms. The van der Waals surface area contributed by atoms with Gasteiger partial charge in [0.1, 0.15) is 0 Å². The van der Waals surface area contributed by atoms with Crippen LogP contribution in [0.1, 0.15) is 36.5 Å². The number of rotatable bonds is 2. The van der Waals surface area contributed by atoms with Crippen molar-refractivity contribution < 1.29 is 13.2 Å². The standard InChI is InChI=1S/C12H14F3N/c1-7-10(8(2)12(13,14)15)5-4-6-11(7)9(3)16/h4-6,8,16H,1-3H3. The molecule has 0 radical (unpaired) electrons. The molecule has 1 aromatic rings. The van der Waals surface area contributed by atoms with E-state index in [0.717, 1.165) is 6.92 Å². The average molecular weight is 229 g/mol. The molecule has 4 heteroatoms. The van der Waals surface area contributed by atoms with E-state index in [9.17, 15) is 13.2 Å². The highest BCUT2D eigenvalue weighted by molar-refractivity contribution is 5.97. The van der Waals surface area contributed by atoms with Crippen molar-refractivity contribution in [3.63, 3.8) is 0 Å². The van der Waals surface area contributed by atoms with Crippen molar-refractivity contribution in [1.82, 2.24) is 0 Å². The summed E-state index contributed by atoms with van der Waals surface area (Å²) in [6, 6.07) is 4.71. The van der Waals surface area contributed by atoms with Crippen LogP contribution >= 0.6 is 0 Å². The normalized spacial score (nSPS) is 13.6. The molecule has 0 bridgehead atoms. The summed E-state index contributed by atoms with van der Waals surface area (Å²) in [5.74, 6) is -1.49. The fraction of sp³-hybridized carbons (Fsp3) is 0.417. The molecule has 0 aliphatic carbocycles. The van der Waals surface area contributed by atoms with Crippen molar-refractivity contribution >= 4 is 5.71 Å². The lowest BCUT2D eigenvalue weighted by molar-refractivity contribution is -0.146. The van der Waals surface area contributed by atoms with Crippen LogP contribution in [0.4, 0.5) is 13.2 Å². The van der Waals surface area contributed by atoms with Gasteiger partial charge in [0.2, 0.25) is 0 Å². The van der Waals surface area contributed by atoms with E-state index in [1.165, 1.54) is 6.07 Å². The highest BCUT2D eigenvalue weighted by Gasteiger charge is 2.37. The first-order valence-corrected chi connectivity index (χ1v) is 4.97. The fourth-order valence-corrected chi connectivity index (χ4v) is 1.71. The minimum Gasteiger partial charge on any atom is -0.305 e. The van der Waals surface area contributed by atoms with Crippen LogP contribution in [0.3, 0.4) is 0 Å².